The van der Waals surface area contributed by atoms with Crippen molar-refractivity contribution in [3.63, 3.8) is 0 Å². The molecule has 0 amide bonds. The summed E-state index contributed by atoms with van der Waals surface area (Å²) in [6, 6.07) is 9.06. The number of fused-ring (bicyclic) bond motifs is 1. The minimum atomic E-state index is 0.493. The molecular weight excluding hydrogens is 380 g/mol. The molecule has 0 unspecified atom stereocenters. The summed E-state index contributed by atoms with van der Waals surface area (Å²) in [7, 11) is 1.90. The van der Waals surface area contributed by atoms with Crippen molar-refractivity contribution in [2.45, 2.75) is 25.8 Å². The molecule has 7 heteroatoms. The zero-order chi connectivity index (χ0) is 17.4. The van der Waals surface area contributed by atoms with Crippen LogP contribution in [0.25, 0.3) is 11.0 Å². The van der Waals surface area contributed by atoms with Crippen molar-refractivity contribution >= 4 is 38.5 Å². The van der Waals surface area contributed by atoms with E-state index in [0.717, 1.165) is 47.4 Å². The average molecular weight is 401 g/mol. The third-order valence-corrected chi connectivity index (χ3v) is 5.30. The van der Waals surface area contributed by atoms with Crippen LogP contribution in [-0.2, 0) is 7.05 Å². The van der Waals surface area contributed by atoms with Gasteiger partial charge in [-0.15, -0.1) is 0 Å². The quantitative estimate of drug-likeness (QED) is 0.728. The maximum atomic E-state index is 4.54. The molecule has 6 nitrogen and oxygen atoms in total. The van der Waals surface area contributed by atoms with Gasteiger partial charge in [0, 0.05) is 31.9 Å². The van der Waals surface area contributed by atoms with Crippen molar-refractivity contribution < 1.29 is 0 Å². The number of rotatable bonds is 3. The lowest BCUT2D eigenvalue weighted by molar-refractivity contribution is 0.524. The Balaban J connectivity index is 1.49. The summed E-state index contributed by atoms with van der Waals surface area (Å²) in [5.74, 6) is 0.971. The fourth-order valence-corrected chi connectivity index (χ4v) is 4.06. The van der Waals surface area contributed by atoms with Crippen molar-refractivity contribution in [1.29, 1.82) is 0 Å². The van der Waals surface area contributed by atoms with Gasteiger partial charge in [0.1, 0.15) is 16.7 Å². The molecule has 3 aromatic rings. The van der Waals surface area contributed by atoms with Crippen LogP contribution in [0.2, 0.25) is 0 Å². The first kappa shape index (κ1) is 16.3. The second-order valence-electron chi connectivity index (χ2n) is 6.59. The molecule has 0 atom stereocenters. The van der Waals surface area contributed by atoms with E-state index in [0.29, 0.717) is 6.04 Å². The van der Waals surface area contributed by atoms with Crippen LogP contribution in [0.4, 0.5) is 11.5 Å². The molecule has 1 aromatic carbocycles. The van der Waals surface area contributed by atoms with Crippen molar-refractivity contribution in [3.8, 4) is 0 Å². The molecule has 0 bridgehead atoms. The Kier molecular flexibility index (Phi) is 4.33. The van der Waals surface area contributed by atoms with Gasteiger partial charge in [0.25, 0.3) is 0 Å². The third kappa shape index (κ3) is 3.20. The van der Waals surface area contributed by atoms with Crippen molar-refractivity contribution in [2.75, 3.05) is 23.3 Å². The minimum Gasteiger partial charge on any atom is -0.382 e. The van der Waals surface area contributed by atoms with E-state index >= 15 is 0 Å². The van der Waals surface area contributed by atoms with Crippen molar-refractivity contribution in [1.82, 2.24) is 19.7 Å². The molecule has 0 saturated carbocycles. The zero-order valence-electron chi connectivity index (χ0n) is 14.4. The number of halogens is 1. The molecule has 4 rings (SSSR count). The average Bonchev–Trinajstić information content (AvgIpc) is 2.90. The summed E-state index contributed by atoms with van der Waals surface area (Å²) < 4.78 is 2.59. The minimum absolute atomic E-state index is 0.493. The number of hydrogen-bond acceptors (Lipinski definition) is 5. The smallest absolute Gasteiger partial charge is 0.164 e. The van der Waals surface area contributed by atoms with Crippen LogP contribution in [-0.4, -0.2) is 38.9 Å². The zero-order valence-corrected chi connectivity index (χ0v) is 16.0. The Morgan fingerprint density at radius 3 is 2.76 bits per heavy atom. The van der Waals surface area contributed by atoms with E-state index in [2.05, 4.69) is 72.4 Å². The van der Waals surface area contributed by atoms with E-state index < -0.39 is 0 Å². The molecule has 0 spiro atoms. The van der Waals surface area contributed by atoms with E-state index in [9.17, 15) is 0 Å². The number of nitrogens with one attached hydrogen (secondary N) is 1. The van der Waals surface area contributed by atoms with Gasteiger partial charge in [-0.2, -0.15) is 5.10 Å². The Morgan fingerprint density at radius 2 is 2.00 bits per heavy atom. The highest BCUT2D eigenvalue weighted by molar-refractivity contribution is 9.10. The molecule has 1 fully saturated rings. The summed E-state index contributed by atoms with van der Waals surface area (Å²) in [6.45, 7) is 4.06. The lowest BCUT2D eigenvalue weighted by atomic mass is 10.0. The first-order valence-electron chi connectivity index (χ1n) is 8.53. The monoisotopic (exact) mass is 400 g/mol. The molecule has 130 valence electrons. The van der Waals surface area contributed by atoms with Gasteiger partial charge in [0.15, 0.2) is 5.65 Å². The molecule has 25 heavy (non-hydrogen) atoms. The molecular formula is C18H21BrN6. The van der Waals surface area contributed by atoms with Crippen LogP contribution in [0.5, 0.6) is 0 Å². The van der Waals surface area contributed by atoms with Gasteiger partial charge in [0.05, 0.1) is 5.39 Å². The van der Waals surface area contributed by atoms with E-state index in [1.54, 1.807) is 11.0 Å². The van der Waals surface area contributed by atoms with E-state index in [4.69, 9.17) is 0 Å². The topological polar surface area (TPSA) is 58.9 Å². The highest BCUT2D eigenvalue weighted by atomic mass is 79.9. The highest BCUT2D eigenvalue weighted by Crippen LogP contribution is 2.31. The molecule has 1 N–H and O–H groups in total. The predicted octanol–water partition coefficient (Wildman–Crippen LogP) is 3.52. The molecule has 2 aromatic heterocycles. The summed E-state index contributed by atoms with van der Waals surface area (Å²) in [6.07, 6.45) is 3.79. The molecule has 1 saturated heterocycles. The number of anilines is 2. The summed E-state index contributed by atoms with van der Waals surface area (Å²) in [5.41, 5.74) is 3.35. The largest absolute Gasteiger partial charge is 0.382 e. The summed E-state index contributed by atoms with van der Waals surface area (Å²) in [5, 5.41) is 9.07. The first-order valence-corrected chi connectivity index (χ1v) is 9.32. The lowest BCUT2D eigenvalue weighted by Gasteiger charge is -2.33. The molecule has 0 radical (unpaired) electrons. The molecule has 1 aliphatic rings. The normalized spacial score (nSPS) is 15.7. The Hall–Kier alpha value is -2.15. The first-order chi connectivity index (χ1) is 12.1. The predicted molar refractivity (Wildman–Crippen MR) is 104 cm³/mol. The van der Waals surface area contributed by atoms with Gasteiger partial charge in [0.2, 0.25) is 0 Å². The number of nitrogens with zero attached hydrogens (tertiary/aromatic N) is 5. The number of benzene rings is 1. The Bertz CT molecular complexity index is 898. The second kappa shape index (κ2) is 6.63. The SMILES string of the molecule is Cc1cccc(NC2CCN(c3ncnc4c3c(Br)nn4C)CC2)c1. The number of hydrogen-bond donors (Lipinski definition) is 1. The van der Waals surface area contributed by atoms with Gasteiger partial charge in [-0.25, -0.2) is 14.6 Å². The standard InChI is InChI=1S/C18H21BrN6/c1-12-4-3-5-14(10-12)22-13-6-8-25(9-7-13)18-15-16(19)23-24(2)17(15)20-11-21-18/h3-5,10-11,13,22H,6-9H2,1-2H3. The maximum Gasteiger partial charge on any atom is 0.164 e. The van der Waals surface area contributed by atoms with Crippen LogP contribution in [0.3, 0.4) is 0 Å². The second-order valence-corrected chi connectivity index (χ2v) is 7.34. The Morgan fingerprint density at radius 1 is 1.20 bits per heavy atom. The van der Waals surface area contributed by atoms with Crippen molar-refractivity contribution in [2.24, 2.45) is 7.05 Å². The number of aryl methyl sites for hydroxylation is 2. The number of piperidine rings is 1. The van der Waals surface area contributed by atoms with Gasteiger partial charge >= 0.3 is 0 Å². The molecule has 0 aliphatic carbocycles. The Labute approximate surface area is 155 Å². The fraction of sp³-hybridized carbons (Fsp3) is 0.389. The summed E-state index contributed by atoms with van der Waals surface area (Å²) >= 11 is 3.55. The van der Waals surface area contributed by atoms with Gasteiger partial charge in [-0.3, -0.25) is 0 Å². The fourth-order valence-electron chi connectivity index (χ4n) is 3.47. The molecule has 3 heterocycles. The van der Waals surface area contributed by atoms with Crippen LogP contribution in [0.1, 0.15) is 18.4 Å². The molecule has 1 aliphatic heterocycles. The van der Waals surface area contributed by atoms with Crippen LogP contribution >= 0.6 is 15.9 Å². The van der Waals surface area contributed by atoms with E-state index in [1.807, 2.05) is 7.05 Å². The van der Waals surface area contributed by atoms with E-state index in [1.165, 1.54) is 11.3 Å². The maximum absolute atomic E-state index is 4.54. The van der Waals surface area contributed by atoms with Gasteiger partial charge in [-0.1, -0.05) is 12.1 Å². The van der Waals surface area contributed by atoms with Crippen LogP contribution < -0.4 is 10.2 Å². The highest BCUT2D eigenvalue weighted by Gasteiger charge is 2.24. The van der Waals surface area contributed by atoms with E-state index in [-0.39, 0.29) is 0 Å². The van der Waals surface area contributed by atoms with Crippen LogP contribution in [0, 0.1) is 6.92 Å². The van der Waals surface area contributed by atoms with Crippen molar-refractivity contribution in [3.05, 3.63) is 40.8 Å². The van der Waals surface area contributed by atoms with Crippen LogP contribution in [0.15, 0.2) is 35.2 Å². The van der Waals surface area contributed by atoms with Gasteiger partial charge < -0.3 is 10.2 Å². The summed E-state index contributed by atoms with van der Waals surface area (Å²) in [4.78, 5) is 11.2. The number of aromatic nitrogens is 4. The lowest BCUT2D eigenvalue weighted by Crippen LogP contribution is -2.39. The third-order valence-electron chi connectivity index (χ3n) is 4.74. The van der Waals surface area contributed by atoms with Gasteiger partial charge in [-0.05, 0) is 53.4 Å².